The molecule has 0 bridgehead atoms. The summed E-state index contributed by atoms with van der Waals surface area (Å²) in [4.78, 5) is 11.9. The Balaban J connectivity index is 1.94. The number of carbonyl (C=O) groups excluding carboxylic acids is 1. The van der Waals surface area contributed by atoms with Crippen LogP contribution in [0.3, 0.4) is 0 Å². The fourth-order valence-corrected chi connectivity index (χ4v) is 2.68. The highest BCUT2D eigenvalue weighted by Gasteiger charge is 2.09. The lowest BCUT2D eigenvalue weighted by Gasteiger charge is -2.09. The van der Waals surface area contributed by atoms with E-state index in [1.807, 2.05) is 0 Å². The zero-order chi connectivity index (χ0) is 17.0. The summed E-state index contributed by atoms with van der Waals surface area (Å²) in [6.07, 6.45) is 1.10. The molecule has 2 aromatic carbocycles. The van der Waals surface area contributed by atoms with Crippen molar-refractivity contribution in [1.82, 2.24) is 0 Å². The number of hydrogen-bond donors (Lipinski definition) is 1. The average Bonchev–Trinajstić information content (AvgIpc) is 2.46. The molecule has 0 saturated heterocycles. The summed E-state index contributed by atoms with van der Waals surface area (Å²) in [6, 6.07) is 9.95. The van der Waals surface area contributed by atoms with Gasteiger partial charge in [-0.3, -0.25) is 4.79 Å². The Hall–Kier alpha value is -1.93. The molecule has 0 saturated carbocycles. The zero-order valence-electron chi connectivity index (χ0n) is 12.0. The van der Waals surface area contributed by atoms with Crippen LogP contribution in [0.4, 0.5) is 10.1 Å². The maximum Gasteiger partial charge on any atom is 0.262 e. The Morgan fingerprint density at radius 1 is 1.22 bits per heavy atom. The molecule has 0 aliphatic rings. The van der Waals surface area contributed by atoms with Crippen molar-refractivity contribution < 1.29 is 22.3 Å². The van der Waals surface area contributed by atoms with Crippen LogP contribution in [-0.2, 0) is 14.6 Å². The van der Waals surface area contributed by atoms with Gasteiger partial charge in [0.25, 0.3) is 5.91 Å². The fourth-order valence-electron chi connectivity index (χ4n) is 1.72. The number of hydrogen-bond acceptors (Lipinski definition) is 4. The molecule has 0 unspecified atom stereocenters. The lowest BCUT2D eigenvalue weighted by Crippen LogP contribution is -2.20. The first kappa shape index (κ1) is 17.4. The Morgan fingerprint density at radius 2 is 1.87 bits per heavy atom. The molecule has 23 heavy (non-hydrogen) atoms. The topological polar surface area (TPSA) is 72.5 Å². The third kappa shape index (κ3) is 5.04. The van der Waals surface area contributed by atoms with Crippen molar-refractivity contribution in [3.8, 4) is 5.75 Å². The normalized spacial score (nSPS) is 11.1. The van der Waals surface area contributed by atoms with Gasteiger partial charge in [0.15, 0.2) is 28.0 Å². The lowest BCUT2D eigenvalue weighted by molar-refractivity contribution is -0.118. The zero-order valence-corrected chi connectivity index (χ0v) is 14.4. The second-order valence-corrected chi connectivity index (χ2v) is 7.64. The van der Waals surface area contributed by atoms with Crippen LogP contribution in [0.5, 0.6) is 5.75 Å². The molecule has 5 nitrogen and oxygen atoms in total. The van der Waals surface area contributed by atoms with E-state index in [1.165, 1.54) is 36.4 Å². The molecule has 0 heterocycles. The summed E-state index contributed by atoms with van der Waals surface area (Å²) in [6.45, 7) is -0.369. The van der Waals surface area contributed by atoms with Gasteiger partial charge in [0, 0.05) is 16.4 Å². The number of benzene rings is 2. The minimum atomic E-state index is -3.29. The van der Waals surface area contributed by atoms with Crippen LogP contribution in [0.15, 0.2) is 51.8 Å². The highest BCUT2D eigenvalue weighted by molar-refractivity contribution is 9.10. The van der Waals surface area contributed by atoms with E-state index in [9.17, 15) is 17.6 Å². The third-order valence-corrected chi connectivity index (χ3v) is 4.44. The first-order chi connectivity index (χ1) is 10.8. The molecule has 1 amide bonds. The van der Waals surface area contributed by atoms with Crippen LogP contribution in [-0.4, -0.2) is 27.2 Å². The van der Waals surface area contributed by atoms with E-state index >= 15 is 0 Å². The minimum Gasteiger partial charge on any atom is -0.481 e. The molecule has 0 atom stereocenters. The minimum absolute atomic E-state index is 0.0317. The van der Waals surface area contributed by atoms with Crippen LogP contribution < -0.4 is 10.1 Å². The highest BCUT2D eigenvalue weighted by atomic mass is 79.9. The van der Waals surface area contributed by atoms with Gasteiger partial charge >= 0.3 is 0 Å². The average molecular weight is 402 g/mol. The molecule has 0 aliphatic heterocycles. The molecule has 2 aromatic rings. The second kappa shape index (κ2) is 7.10. The Bertz CT molecular complexity index is 822. The molecule has 0 aromatic heterocycles. The number of sulfone groups is 1. The summed E-state index contributed by atoms with van der Waals surface area (Å²) in [5, 5.41) is 2.53. The molecule has 0 spiro atoms. The van der Waals surface area contributed by atoms with Gasteiger partial charge in [0.2, 0.25) is 0 Å². The van der Waals surface area contributed by atoms with Crippen LogP contribution in [0, 0.1) is 5.82 Å². The van der Waals surface area contributed by atoms with E-state index in [-0.39, 0.29) is 17.3 Å². The van der Waals surface area contributed by atoms with Gasteiger partial charge in [-0.25, -0.2) is 12.8 Å². The van der Waals surface area contributed by atoms with Crippen molar-refractivity contribution in [1.29, 1.82) is 0 Å². The van der Waals surface area contributed by atoms with Gasteiger partial charge in [0.1, 0.15) is 0 Å². The van der Waals surface area contributed by atoms with Gasteiger partial charge in [-0.05, 0) is 42.5 Å². The molecular weight excluding hydrogens is 389 g/mol. The van der Waals surface area contributed by atoms with Gasteiger partial charge in [0.05, 0.1) is 4.90 Å². The van der Waals surface area contributed by atoms with Crippen molar-refractivity contribution in [3.05, 3.63) is 52.8 Å². The fraction of sp³-hybridized carbons (Fsp3) is 0.133. The van der Waals surface area contributed by atoms with E-state index in [1.54, 1.807) is 6.07 Å². The summed E-state index contributed by atoms with van der Waals surface area (Å²) in [7, 11) is -3.29. The van der Waals surface area contributed by atoms with Crippen molar-refractivity contribution in [2.24, 2.45) is 0 Å². The monoisotopic (exact) mass is 401 g/mol. The molecule has 0 fully saturated rings. The summed E-state index contributed by atoms with van der Waals surface area (Å²) in [5.74, 6) is -1.10. The molecule has 1 N–H and O–H groups in total. The van der Waals surface area contributed by atoms with E-state index in [0.717, 1.165) is 6.26 Å². The number of amides is 1. The van der Waals surface area contributed by atoms with E-state index in [4.69, 9.17) is 4.74 Å². The summed E-state index contributed by atoms with van der Waals surface area (Å²) in [5.41, 5.74) is 0.419. The van der Waals surface area contributed by atoms with Gasteiger partial charge < -0.3 is 10.1 Å². The maximum absolute atomic E-state index is 13.5. The van der Waals surface area contributed by atoms with Crippen LogP contribution in [0.25, 0.3) is 0 Å². The molecule has 122 valence electrons. The largest absolute Gasteiger partial charge is 0.481 e. The first-order valence-corrected chi connectivity index (χ1v) is 9.12. The van der Waals surface area contributed by atoms with Crippen LogP contribution >= 0.6 is 15.9 Å². The van der Waals surface area contributed by atoms with Crippen molar-refractivity contribution in [2.45, 2.75) is 4.90 Å². The Kier molecular flexibility index (Phi) is 5.38. The predicted octanol–water partition coefficient (Wildman–Crippen LogP) is 3.01. The molecule has 2 rings (SSSR count). The van der Waals surface area contributed by atoms with Crippen LogP contribution in [0.2, 0.25) is 0 Å². The number of carbonyl (C=O) groups is 1. The summed E-state index contributed by atoms with van der Waals surface area (Å²) < 4.78 is 41.9. The summed E-state index contributed by atoms with van der Waals surface area (Å²) >= 11 is 3.12. The standard InChI is InChI=1S/C15H13BrFNO4S/c1-23(20,21)12-5-3-11(4-6-12)18-15(19)9-22-14-7-2-10(16)8-13(14)17/h2-8H,9H2,1H3,(H,18,19). The number of rotatable bonds is 5. The van der Waals surface area contributed by atoms with E-state index < -0.39 is 21.6 Å². The number of nitrogens with one attached hydrogen (secondary N) is 1. The van der Waals surface area contributed by atoms with Crippen molar-refractivity contribution in [3.63, 3.8) is 0 Å². The highest BCUT2D eigenvalue weighted by Crippen LogP contribution is 2.21. The SMILES string of the molecule is CS(=O)(=O)c1ccc(NC(=O)COc2ccc(Br)cc2F)cc1. The molecule has 0 radical (unpaired) electrons. The van der Waals surface area contributed by atoms with Gasteiger partial charge in [-0.15, -0.1) is 0 Å². The lowest BCUT2D eigenvalue weighted by atomic mass is 10.3. The van der Waals surface area contributed by atoms with E-state index in [2.05, 4.69) is 21.2 Å². The van der Waals surface area contributed by atoms with E-state index in [0.29, 0.717) is 10.2 Å². The van der Waals surface area contributed by atoms with Crippen molar-refractivity contribution in [2.75, 3.05) is 18.2 Å². The predicted molar refractivity (Wildman–Crippen MR) is 87.8 cm³/mol. The number of anilines is 1. The molecule has 8 heteroatoms. The Morgan fingerprint density at radius 3 is 2.43 bits per heavy atom. The quantitative estimate of drug-likeness (QED) is 0.835. The molecular formula is C15H13BrFNO4S. The van der Waals surface area contributed by atoms with Crippen molar-refractivity contribution >= 4 is 37.4 Å². The number of halogens is 2. The van der Waals surface area contributed by atoms with Gasteiger partial charge in [-0.2, -0.15) is 0 Å². The maximum atomic E-state index is 13.5. The third-order valence-electron chi connectivity index (χ3n) is 2.82. The first-order valence-electron chi connectivity index (χ1n) is 6.43. The molecule has 0 aliphatic carbocycles. The number of ether oxygens (including phenoxy) is 1. The van der Waals surface area contributed by atoms with Crippen LogP contribution in [0.1, 0.15) is 0 Å². The smallest absolute Gasteiger partial charge is 0.262 e. The Labute approximate surface area is 141 Å². The second-order valence-electron chi connectivity index (χ2n) is 4.71. The van der Waals surface area contributed by atoms with Gasteiger partial charge in [-0.1, -0.05) is 15.9 Å².